The normalized spacial score (nSPS) is 17.3. The molecule has 30 heteroatoms. The second-order valence-electron chi connectivity index (χ2n) is 27.6. The molecule has 9 rings (SSSR count). The monoisotopic (exact) mass is 1540 g/mol. The van der Waals surface area contributed by atoms with E-state index in [0.29, 0.717) is 192 Å². The van der Waals surface area contributed by atoms with Crippen molar-refractivity contribution in [1.82, 2.24) is 29.4 Å². The summed E-state index contributed by atoms with van der Waals surface area (Å²) in [5.41, 5.74) is 9.42. The van der Waals surface area contributed by atoms with Crippen LogP contribution in [0.3, 0.4) is 0 Å². The van der Waals surface area contributed by atoms with E-state index in [1.807, 2.05) is 20.0 Å². The average molecular weight is 1540 g/mol. The Morgan fingerprint density at radius 3 is 1.95 bits per heavy atom. The first kappa shape index (κ1) is 88.9. The molecule has 3 amide bonds. The molecule has 2 aromatic carbocycles. The maximum atomic E-state index is 13.9. The number of Topliss-reactive ketones (excluding diaryl/α,β-unsaturated/α-hetero) is 3. The van der Waals surface area contributed by atoms with E-state index in [0.717, 1.165) is 73.6 Å². The van der Waals surface area contributed by atoms with Crippen LogP contribution >= 0.6 is 0 Å². The van der Waals surface area contributed by atoms with Gasteiger partial charge in [-0.1, -0.05) is 58.9 Å². The highest BCUT2D eigenvalue weighted by molar-refractivity contribution is 6.03. The zero-order valence-electron chi connectivity index (χ0n) is 63.9. The fourth-order valence-corrected chi connectivity index (χ4v) is 13.5. The van der Waals surface area contributed by atoms with Crippen molar-refractivity contribution in [1.29, 1.82) is 0 Å². The van der Waals surface area contributed by atoms with Gasteiger partial charge in [0.25, 0.3) is 5.56 Å². The minimum atomic E-state index is -1.91. The third-order valence-electron chi connectivity index (χ3n) is 19.6. The van der Waals surface area contributed by atoms with Crippen LogP contribution in [-0.4, -0.2) is 214 Å². The molecule has 606 valence electrons. The van der Waals surface area contributed by atoms with Crippen LogP contribution in [0.4, 0.5) is 10.5 Å². The van der Waals surface area contributed by atoms with Gasteiger partial charge in [-0.15, -0.1) is 5.10 Å². The molecule has 110 heavy (non-hydrogen) atoms. The van der Waals surface area contributed by atoms with E-state index in [9.17, 15) is 48.3 Å². The zero-order valence-corrected chi connectivity index (χ0v) is 63.9. The molecular weight excluding hydrogens is 1420 g/mol. The van der Waals surface area contributed by atoms with E-state index in [2.05, 4.69) is 15.6 Å². The van der Waals surface area contributed by atoms with Crippen LogP contribution in [-0.2, 0) is 135 Å². The number of likely N-dealkylation sites (tertiary alicyclic amines) is 1. The van der Waals surface area contributed by atoms with E-state index in [4.69, 9.17) is 67.6 Å². The summed E-state index contributed by atoms with van der Waals surface area (Å²) in [5.74, 6) is -0.743. The summed E-state index contributed by atoms with van der Waals surface area (Å²) in [7, 11) is 0. The van der Waals surface area contributed by atoms with Crippen LogP contribution in [0.15, 0.2) is 59.5 Å². The fourth-order valence-electron chi connectivity index (χ4n) is 13.5. The molecule has 1 aliphatic carbocycles. The lowest BCUT2D eigenvalue weighted by Crippen LogP contribution is -2.47. The van der Waals surface area contributed by atoms with Crippen molar-refractivity contribution < 1.29 is 100 Å². The van der Waals surface area contributed by atoms with Gasteiger partial charge in [0.15, 0.2) is 11.6 Å². The van der Waals surface area contributed by atoms with Crippen molar-refractivity contribution in [2.24, 2.45) is 29.4 Å². The Hall–Kier alpha value is -8.30. The first-order valence-corrected chi connectivity index (χ1v) is 38.4. The molecule has 2 fully saturated rings. The third-order valence-corrected chi connectivity index (χ3v) is 19.6. The summed E-state index contributed by atoms with van der Waals surface area (Å²) in [5, 5.41) is 22.2. The number of benzene rings is 2. The number of aryl methyl sites for hydroxylation is 2. The number of amides is 3. The van der Waals surface area contributed by atoms with E-state index in [1.165, 1.54) is 11.8 Å². The summed E-state index contributed by atoms with van der Waals surface area (Å²) in [4.78, 5) is 119. The van der Waals surface area contributed by atoms with Gasteiger partial charge in [-0.2, -0.15) is 0 Å². The first-order chi connectivity index (χ1) is 52.9. The van der Waals surface area contributed by atoms with Crippen LogP contribution < -0.4 is 16.6 Å². The number of carbonyl (C=O) groups excluding carboxylic acids is 8. The molecule has 3 aliphatic heterocycles. The highest BCUT2D eigenvalue weighted by Crippen LogP contribution is 2.43. The van der Waals surface area contributed by atoms with E-state index in [1.54, 1.807) is 71.6 Å². The van der Waals surface area contributed by atoms with Crippen molar-refractivity contribution in [2.75, 3.05) is 137 Å². The number of aromatic hydroxyl groups is 1. The minimum absolute atomic E-state index is 0. The van der Waals surface area contributed by atoms with Gasteiger partial charge in [0.1, 0.15) is 38.0 Å². The number of esters is 1. The van der Waals surface area contributed by atoms with Gasteiger partial charge in [-0.05, 0) is 131 Å². The van der Waals surface area contributed by atoms with Gasteiger partial charge in [0.2, 0.25) is 23.3 Å². The molecule has 0 bridgehead atoms. The molecule has 0 radical (unpaired) electrons. The summed E-state index contributed by atoms with van der Waals surface area (Å²) in [6.07, 6.45) is 10.3. The van der Waals surface area contributed by atoms with Gasteiger partial charge >= 0.3 is 12.1 Å². The second-order valence-corrected chi connectivity index (χ2v) is 27.6. The Morgan fingerprint density at radius 2 is 1.36 bits per heavy atom. The molecule has 5 aromatic rings. The van der Waals surface area contributed by atoms with Gasteiger partial charge in [0.05, 0.1) is 140 Å². The van der Waals surface area contributed by atoms with E-state index >= 15 is 0 Å². The molecule has 1 saturated carbocycles. The fraction of sp³-hybridized carbons (Fsp3) is 0.625. The van der Waals surface area contributed by atoms with Crippen LogP contribution in [0.1, 0.15) is 159 Å². The minimum Gasteiger partial charge on any atom is -0.508 e. The summed E-state index contributed by atoms with van der Waals surface area (Å²) in [6, 6.07) is 13.6. The number of carbonyl (C=O) groups is 8. The van der Waals surface area contributed by atoms with Gasteiger partial charge in [-0.3, -0.25) is 38.5 Å². The molecule has 30 nitrogen and oxygen atoms in total. The lowest BCUT2D eigenvalue weighted by molar-refractivity contribution is -0.175. The number of pyridine rings is 2. The van der Waals surface area contributed by atoms with Gasteiger partial charge in [-0.25, -0.2) is 19.3 Å². The van der Waals surface area contributed by atoms with Crippen molar-refractivity contribution in [3.05, 3.63) is 98.6 Å². The molecule has 1 saturated heterocycles. The highest BCUT2D eigenvalue weighted by atomic mass is 16.7. The second kappa shape index (κ2) is 47.2. The van der Waals surface area contributed by atoms with Crippen LogP contribution in [0.5, 0.6) is 5.75 Å². The van der Waals surface area contributed by atoms with Crippen molar-refractivity contribution >= 4 is 63.8 Å². The van der Waals surface area contributed by atoms with E-state index in [-0.39, 0.29) is 128 Å². The number of fused-ring (bicyclic) bond motifs is 5. The number of imide groups is 1. The smallest absolute Gasteiger partial charge is 0.508 e. The largest absolute Gasteiger partial charge is 0.510 e. The van der Waals surface area contributed by atoms with E-state index < -0.39 is 17.7 Å². The number of cyclic esters (lactones) is 1. The third kappa shape index (κ3) is 27.0. The molecule has 6 heterocycles. The van der Waals surface area contributed by atoms with Gasteiger partial charge in [0, 0.05) is 85.0 Å². The number of anilines is 1. The maximum Gasteiger partial charge on any atom is 0.510 e. The zero-order chi connectivity index (χ0) is 77.9. The number of nitrogens with two attached hydrogens (primary N) is 1. The summed E-state index contributed by atoms with van der Waals surface area (Å²) < 4.78 is 69.0. The predicted molar refractivity (Wildman–Crippen MR) is 405 cm³/mol. The standard InChI is InChI=1S/C41H68N4O14.C38H42N4O8.CH4/c1-33-28-40(49)45(41(33)50)29-35-5-7-36(8-6-35)39(48)10-9-37-30-44(43-42-37)11-13-52-15-17-54-19-21-56-23-25-58-27-26-57-24-22-55-20-18-53-16-14-51-12-3-4-38(47)32-59-31-34(2)46;1-4-23(9-7-8-16-39)34(44)40-24-12-10-22(11-13-24)20-49-37(47)50-38(6-3)30-18-32-33-28(19-42(32)35(45)29(30)21-48-36(38)46)26(5-2)27-17-25(43)14-15-31(27)41-33;/h30,33,35-36H,3-29,31-32H2,1-2H3;10-15,17-18,23,43H,4-9,16,19-21,39H2,1-3H3,(H,40,44);1H4. The first-order valence-electron chi connectivity index (χ1n) is 38.4. The number of unbranched alkanes of at least 4 members (excludes halogenated alkanes) is 1. The Balaban J connectivity index is 0.000000306. The molecule has 3 atom stereocenters. The van der Waals surface area contributed by atoms with Crippen molar-refractivity contribution in [3.63, 3.8) is 0 Å². The Morgan fingerprint density at radius 1 is 0.736 bits per heavy atom. The lowest BCUT2D eigenvalue weighted by atomic mass is 9.79. The quantitative estimate of drug-likeness (QED) is 0.0183. The topological polar surface area (TPSA) is 374 Å². The van der Waals surface area contributed by atoms with Crippen LogP contribution in [0, 0.1) is 23.7 Å². The van der Waals surface area contributed by atoms with Crippen LogP contribution in [0.25, 0.3) is 22.3 Å². The average Bonchev–Trinajstić information content (AvgIpc) is 1.55. The van der Waals surface area contributed by atoms with Crippen LogP contribution in [0.2, 0.25) is 0 Å². The molecule has 0 spiro atoms. The number of hydrogen-bond acceptors (Lipinski definition) is 26. The summed E-state index contributed by atoms with van der Waals surface area (Å²) in [6.45, 7) is 17.7. The number of nitrogens with one attached hydrogen (secondary N) is 1. The maximum absolute atomic E-state index is 13.9. The Bertz CT molecular complexity index is 3840. The number of phenolic OH excluding ortho intramolecular Hbond substituents is 1. The summed E-state index contributed by atoms with van der Waals surface area (Å²) >= 11 is 0. The Kier molecular flexibility index (Phi) is 38.1. The lowest BCUT2D eigenvalue weighted by Gasteiger charge is -2.35. The van der Waals surface area contributed by atoms with Crippen molar-refractivity contribution in [3.8, 4) is 17.1 Å². The number of hydrogen-bond donors (Lipinski definition) is 3. The number of nitrogens with zero attached hydrogens (tertiary/aromatic N) is 6. The molecule has 4 aliphatic rings. The number of ether oxygens (including phenoxy) is 12. The highest BCUT2D eigenvalue weighted by Gasteiger charge is 2.51. The molecule has 4 N–H and O–H groups in total. The number of aromatic nitrogens is 5. The number of phenols is 1. The predicted octanol–water partition coefficient (Wildman–Crippen LogP) is 8.51. The molecule has 3 unspecified atom stereocenters. The van der Waals surface area contributed by atoms with Crippen molar-refractivity contribution in [2.45, 2.75) is 170 Å². The molecule has 3 aromatic heterocycles. The van der Waals surface area contributed by atoms with Gasteiger partial charge < -0.3 is 77.6 Å². The SMILES string of the molecule is C.CC(=O)COCC(=O)CCCOCCOCCOCCOCCOCCOCCOCCOCCn1cc(CCC(=O)C2CCC(CN3C(=O)CC(C)C3=O)CC2)nn1.CCc1c2c(nc3ccc(O)cc13)-c1cc3c(c(=O)n1C2)COC(=O)C3(CC)OC(=O)OCc1ccc(NC(=O)C(CC)CCCCN)cc1. The Labute approximate surface area is 643 Å². The number of ketones is 3. The molecular formula is C80H114N8O22. The number of rotatable bonds is 50.